The number of ether oxygens (including phenoxy) is 3. The van der Waals surface area contributed by atoms with E-state index in [-0.39, 0.29) is 31.1 Å². The number of allylic oxidation sites excluding steroid dienone is 10. The molecule has 1 unspecified atom stereocenters. The summed E-state index contributed by atoms with van der Waals surface area (Å²) in [4.78, 5) is 38.2. The quantitative estimate of drug-likeness (QED) is 0.0262. The van der Waals surface area contributed by atoms with Gasteiger partial charge >= 0.3 is 17.9 Å². The second-order valence-corrected chi connectivity index (χ2v) is 19.9. The fourth-order valence-electron chi connectivity index (χ4n) is 8.55. The Kier molecular flexibility index (Phi) is 55.3. The molecule has 0 spiro atoms. The van der Waals surface area contributed by atoms with Crippen molar-refractivity contribution in [2.45, 2.75) is 309 Å². The molecule has 0 aromatic heterocycles. The summed E-state index contributed by atoms with van der Waals surface area (Å²) in [5.41, 5.74) is 0. The molecular weight excluding hydrogens is 853 g/mol. The van der Waals surface area contributed by atoms with Gasteiger partial charge in [0.25, 0.3) is 0 Å². The predicted octanol–water partition coefficient (Wildman–Crippen LogP) is 20.0. The van der Waals surface area contributed by atoms with Crippen LogP contribution in [-0.4, -0.2) is 37.2 Å². The summed E-state index contributed by atoms with van der Waals surface area (Å²) in [7, 11) is 0. The maximum absolute atomic E-state index is 12.9. The molecular formula is C63H112O6. The minimum atomic E-state index is -0.783. The number of esters is 3. The molecule has 0 aliphatic rings. The maximum Gasteiger partial charge on any atom is 0.306 e. The SMILES string of the molecule is CC/C=C\C/C=C\C/C=C\C/C=C\CCCCCCCCC(=O)OCC(COC(=O)CCCCCCCCCCCCCCCC)OC(=O)CCCCCCC/C=C\CCCCCCCCCCC. The lowest BCUT2D eigenvalue weighted by Gasteiger charge is -2.18. The van der Waals surface area contributed by atoms with Gasteiger partial charge in [-0.3, -0.25) is 14.4 Å². The Morgan fingerprint density at radius 1 is 0.304 bits per heavy atom. The van der Waals surface area contributed by atoms with Crippen LogP contribution < -0.4 is 0 Å². The molecule has 0 aromatic carbocycles. The van der Waals surface area contributed by atoms with E-state index in [1.165, 1.54) is 161 Å². The van der Waals surface area contributed by atoms with Crippen LogP contribution in [-0.2, 0) is 28.6 Å². The first-order valence-electron chi connectivity index (χ1n) is 29.8. The highest BCUT2D eigenvalue weighted by molar-refractivity contribution is 5.71. The average Bonchev–Trinajstić information content (AvgIpc) is 3.35. The summed E-state index contributed by atoms with van der Waals surface area (Å²) in [6.07, 6.45) is 72.1. The molecule has 0 bridgehead atoms. The Balaban J connectivity index is 4.39. The molecule has 6 nitrogen and oxygen atoms in total. The lowest BCUT2D eigenvalue weighted by atomic mass is 10.0. The number of unbranched alkanes of at least 4 members (excludes halogenated alkanes) is 33. The smallest absolute Gasteiger partial charge is 0.306 e. The van der Waals surface area contributed by atoms with Crippen molar-refractivity contribution in [2.24, 2.45) is 0 Å². The second-order valence-electron chi connectivity index (χ2n) is 19.9. The van der Waals surface area contributed by atoms with Crippen LogP contribution in [0.2, 0.25) is 0 Å². The van der Waals surface area contributed by atoms with Gasteiger partial charge in [0.15, 0.2) is 6.10 Å². The van der Waals surface area contributed by atoms with Gasteiger partial charge in [0.2, 0.25) is 0 Å². The zero-order valence-electron chi connectivity index (χ0n) is 45.8. The zero-order valence-corrected chi connectivity index (χ0v) is 45.8. The Morgan fingerprint density at radius 3 is 0.899 bits per heavy atom. The molecule has 0 aromatic rings. The molecule has 0 amide bonds. The summed E-state index contributed by atoms with van der Waals surface area (Å²) in [6, 6.07) is 0. The van der Waals surface area contributed by atoms with E-state index in [2.05, 4.69) is 81.5 Å². The molecule has 0 N–H and O–H groups in total. The Bertz CT molecular complexity index is 1250. The van der Waals surface area contributed by atoms with Crippen LogP contribution in [0.1, 0.15) is 303 Å². The third-order valence-corrected chi connectivity index (χ3v) is 13.0. The first kappa shape index (κ1) is 66.1. The van der Waals surface area contributed by atoms with E-state index in [4.69, 9.17) is 14.2 Å². The van der Waals surface area contributed by atoms with Crippen molar-refractivity contribution in [3.63, 3.8) is 0 Å². The van der Waals surface area contributed by atoms with Crippen LogP contribution in [0.15, 0.2) is 60.8 Å². The monoisotopic (exact) mass is 965 g/mol. The molecule has 1 atom stereocenters. The van der Waals surface area contributed by atoms with Crippen molar-refractivity contribution in [3.05, 3.63) is 60.8 Å². The van der Waals surface area contributed by atoms with E-state index < -0.39 is 6.10 Å². The number of hydrogen-bond acceptors (Lipinski definition) is 6. The average molecular weight is 966 g/mol. The van der Waals surface area contributed by atoms with Crippen LogP contribution in [0.25, 0.3) is 0 Å². The lowest BCUT2D eigenvalue weighted by Crippen LogP contribution is -2.30. The van der Waals surface area contributed by atoms with Crippen molar-refractivity contribution in [1.82, 2.24) is 0 Å². The summed E-state index contributed by atoms with van der Waals surface area (Å²) >= 11 is 0. The standard InChI is InChI=1S/C63H112O6/c1-4-7-10-13-16-19-22-25-28-30-32-34-35-38-41-44-47-50-53-56-62(65)68-59-60(58-67-61(64)55-52-49-46-43-40-37-27-24-21-18-15-12-9-6-3)69-63(66)57-54-51-48-45-42-39-36-33-31-29-26-23-20-17-14-11-8-5-2/h7,10,16,19,25,28,32-34,36,60H,4-6,8-9,11-15,17-18,20-24,26-27,29-31,35,37-59H2,1-3H3/b10-7-,19-16-,28-25-,34-32-,36-33-. The van der Waals surface area contributed by atoms with Gasteiger partial charge in [-0.2, -0.15) is 0 Å². The number of carbonyl (C=O) groups excluding carboxylic acids is 3. The first-order valence-corrected chi connectivity index (χ1v) is 29.8. The van der Waals surface area contributed by atoms with Gasteiger partial charge in [-0.05, 0) is 83.5 Å². The Morgan fingerprint density at radius 2 is 0.565 bits per heavy atom. The molecule has 400 valence electrons. The van der Waals surface area contributed by atoms with Gasteiger partial charge < -0.3 is 14.2 Å². The molecule has 6 heteroatoms. The normalized spacial score (nSPS) is 12.4. The molecule has 0 radical (unpaired) electrons. The fourth-order valence-corrected chi connectivity index (χ4v) is 8.55. The third-order valence-electron chi connectivity index (χ3n) is 13.0. The van der Waals surface area contributed by atoms with E-state index in [0.29, 0.717) is 19.3 Å². The van der Waals surface area contributed by atoms with Crippen molar-refractivity contribution in [2.75, 3.05) is 13.2 Å². The molecule has 69 heavy (non-hydrogen) atoms. The summed E-state index contributed by atoms with van der Waals surface area (Å²) in [6.45, 7) is 6.54. The topological polar surface area (TPSA) is 78.9 Å². The Hall–Kier alpha value is -2.89. The highest BCUT2D eigenvalue weighted by Crippen LogP contribution is 2.16. The molecule has 0 aliphatic heterocycles. The molecule has 0 saturated heterocycles. The van der Waals surface area contributed by atoms with Gasteiger partial charge in [0.05, 0.1) is 0 Å². The largest absolute Gasteiger partial charge is 0.462 e. The van der Waals surface area contributed by atoms with Crippen molar-refractivity contribution in [3.8, 4) is 0 Å². The van der Waals surface area contributed by atoms with E-state index >= 15 is 0 Å². The molecule has 0 fully saturated rings. The lowest BCUT2D eigenvalue weighted by molar-refractivity contribution is -0.167. The van der Waals surface area contributed by atoms with Crippen molar-refractivity contribution >= 4 is 17.9 Å². The van der Waals surface area contributed by atoms with Crippen LogP contribution in [0.5, 0.6) is 0 Å². The van der Waals surface area contributed by atoms with Crippen LogP contribution in [0.4, 0.5) is 0 Å². The summed E-state index contributed by atoms with van der Waals surface area (Å²) < 4.78 is 16.9. The minimum Gasteiger partial charge on any atom is -0.462 e. The van der Waals surface area contributed by atoms with Gasteiger partial charge in [-0.25, -0.2) is 0 Å². The molecule has 0 aliphatic carbocycles. The van der Waals surface area contributed by atoms with E-state index in [0.717, 1.165) is 103 Å². The minimum absolute atomic E-state index is 0.0794. The predicted molar refractivity (Wildman–Crippen MR) is 298 cm³/mol. The van der Waals surface area contributed by atoms with Crippen LogP contribution in [0.3, 0.4) is 0 Å². The summed E-state index contributed by atoms with van der Waals surface area (Å²) in [5.74, 6) is -0.888. The van der Waals surface area contributed by atoms with Crippen molar-refractivity contribution < 1.29 is 28.6 Å². The highest BCUT2D eigenvalue weighted by Gasteiger charge is 2.19. The van der Waals surface area contributed by atoms with E-state index in [1.54, 1.807) is 0 Å². The second kappa shape index (κ2) is 57.7. The summed E-state index contributed by atoms with van der Waals surface area (Å²) in [5, 5.41) is 0. The van der Waals surface area contributed by atoms with Crippen LogP contribution in [0, 0.1) is 0 Å². The van der Waals surface area contributed by atoms with Gasteiger partial charge in [0, 0.05) is 19.3 Å². The van der Waals surface area contributed by atoms with Crippen LogP contribution >= 0.6 is 0 Å². The fraction of sp³-hybridized carbons (Fsp3) is 0.794. The van der Waals surface area contributed by atoms with E-state index in [1.807, 2.05) is 0 Å². The zero-order chi connectivity index (χ0) is 50.0. The van der Waals surface area contributed by atoms with Gasteiger partial charge in [-0.1, -0.05) is 261 Å². The Labute approximate surface area is 428 Å². The molecule has 0 heterocycles. The number of carbonyl (C=O) groups is 3. The van der Waals surface area contributed by atoms with Gasteiger partial charge in [-0.15, -0.1) is 0 Å². The van der Waals surface area contributed by atoms with E-state index in [9.17, 15) is 14.4 Å². The first-order chi connectivity index (χ1) is 34.0. The number of hydrogen-bond donors (Lipinski definition) is 0. The highest BCUT2D eigenvalue weighted by atomic mass is 16.6. The third kappa shape index (κ3) is 55.9. The number of rotatable bonds is 54. The molecule has 0 rings (SSSR count). The van der Waals surface area contributed by atoms with Gasteiger partial charge in [0.1, 0.15) is 13.2 Å². The van der Waals surface area contributed by atoms with Crippen molar-refractivity contribution in [1.29, 1.82) is 0 Å². The molecule has 0 saturated carbocycles. The maximum atomic E-state index is 12.9.